The third-order valence-electron chi connectivity index (χ3n) is 11.6. The Balaban J connectivity index is 1.26. The molecule has 4 aromatic carbocycles. The number of pyridine rings is 2. The summed E-state index contributed by atoms with van der Waals surface area (Å²) < 4.78 is 12.6. The van der Waals surface area contributed by atoms with Crippen LogP contribution in [0.3, 0.4) is 0 Å². The highest BCUT2D eigenvalue weighted by Gasteiger charge is 2.33. The van der Waals surface area contributed by atoms with Crippen molar-refractivity contribution in [3.63, 3.8) is 0 Å². The first-order valence-corrected chi connectivity index (χ1v) is 20.7. The number of aliphatic hydroxyl groups is 2. The first-order valence-electron chi connectivity index (χ1n) is 20.0. The minimum Gasteiger partial charge on any atom is -0.488 e. The van der Waals surface area contributed by atoms with E-state index in [1.165, 1.54) is 20.0 Å². The number of rotatable bonds is 18. The van der Waals surface area contributed by atoms with Crippen molar-refractivity contribution < 1.29 is 39.5 Å². The van der Waals surface area contributed by atoms with Gasteiger partial charge >= 0.3 is 11.9 Å². The van der Waals surface area contributed by atoms with Crippen LogP contribution in [0.5, 0.6) is 11.5 Å². The van der Waals surface area contributed by atoms with Crippen LogP contribution in [0.2, 0.25) is 10.0 Å². The molecule has 0 radical (unpaired) electrons. The first kappa shape index (κ1) is 45.5. The van der Waals surface area contributed by atoms with Crippen LogP contribution in [0.15, 0.2) is 91.4 Å². The average Bonchev–Trinajstić information content (AvgIpc) is 3.26. The van der Waals surface area contributed by atoms with E-state index in [9.17, 15) is 35.3 Å². The molecular formula is C49H47Cl2N3O8. The van der Waals surface area contributed by atoms with Crippen LogP contribution >= 0.6 is 23.2 Å². The Morgan fingerprint density at radius 3 is 2.03 bits per heavy atom. The van der Waals surface area contributed by atoms with Gasteiger partial charge in [-0.05, 0) is 128 Å². The summed E-state index contributed by atoms with van der Waals surface area (Å²) in [6.07, 6.45) is 5.89. The number of fused-ring (bicyclic) bond motifs is 1. The highest BCUT2D eigenvalue weighted by atomic mass is 35.5. The van der Waals surface area contributed by atoms with E-state index in [1.807, 2.05) is 43.3 Å². The second-order valence-corrected chi connectivity index (χ2v) is 17.0. The van der Waals surface area contributed by atoms with Crippen LogP contribution in [0.1, 0.15) is 65.6 Å². The number of benzene rings is 4. The second-order valence-electron chi connectivity index (χ2n) is 16.2. The normalized spacial score (nSPS) is 13.2. The Morgan fingerprint density at radius 2 is 1.35 bits per heavy atom. The Labute approximate surface area is 370 Å². The van der Waals surface area contributed by atoms with Gasteiger partial charge in [0, 0.05) is 41.2 Å². The maximum atomic E-state index is 11.9. The molecule has 4 N–H and O–H groups in total. The Morgan fingerprint density at radius 1 is 0.710 bits per heavy atom. The Kier molecular flexibility index (Phi) is 14.2. The number of hydrogen-bond acceptors (Lipinski definition) is 9. The smallest absolute Gasteiger partial charge is 0.311 e. The van der Waals surface area contributed by atoms with Gasteiger partial charge in [-0.1, -0.05) is 59.6 Å². The Hall–Kier alpha value is -6.03. The van der Waals surface area contributed by atoms with Crippen LogP contribution in [0.25, 0.3) is 33.2 Å². The molecule has 0 amide bonds. The monoisotopic (exact) mass is 875 g/mol. The molecule has 320 valence electrons. The predicted octanol–water partition coefficient (Wildman–Crippen LogP) is 9.95. The molecule has 2 heterocycles. The summed E-state index contributed by atoms with van der Waals surface area (Å²) in [4.78, 5) is 32.6. The number of hydrogen-bond donors (Lipinski definition) is 4. The lowest BCUT2D eigenvalue weighted by Gasteiger charge is -2.23. The van der Waals surface area contributed by atoms with E-state index < -0.39 is 36.0 Å². The molecule has 0 aliphatic carbocycles. The second kappa shape index (κ2) is 19.3. The number of carboxylic acids is 2. The van der Waals surface area contributed by atoms with Crippen molar-refractivity contribution in [2.45, 2.75) is 66.6 Å². The minimum absolute atomic E-state index is 0.0793. The maximum absolute atomic E-state index is 11.9. The zero-order valence-corrected chi connectivity index (χ0v) is 36.3. The quantitative estimate of drug-likeness (QED) is 0.0645. The molecule has 0 aliphatic heterocycles. The van der Waals surface area contributed by atoms with Crippen molar-refractivity contribution >= 4 is 46.0 Å². The molecule has 0 spiro atoms. The number of carbonyl (C=O) groups is 2. The van der Waals surface area contributed by atoms with Crippen LogP contribution < -0.4 is 9.47 Å². The standard InChI is InChI=1S/C49H47Cl2N3O8/c1-29-35(26-62-44-20-43(61-25-33-15-32(21-52)22-53-23-33)34(19-41(44)50)12-14-49(4,28-56)47(59)60)7-5-9-39(29)40-10-6-8-38(30(40)2)37-18-36-16-31(17-42(51)45(36)54-24-37)11-13-48(3,27-55)46(57)58/h5-10,15-20,22-24,55-56H,11-14,25-28H2,1-4H3,(H,57,58)(H,59,60)/t48-,49+/m0/s1. The van der Waals surface area contributed by atoms with Gasteiger partial charge in [0.25, 0.3) is 0 Å². The van der Waals surface area contributed by atoms with Crippen molar-refractivity contribution in [2.75, 3.05) is 13.2 Å². The SMILES string of the molecule is Cc1c(COc2cc(OCc3cncc(C#N)c3)c(CC[C@](C)(CO)C(=O)O)cc2Cl)cccc1-c1cccc(-c2cnc3c(Cl)cc(CC[C@@](C)(CO)C(=O)O)cc3c2)c1C. The van der Waals surface area contributed by atoms with Crippen molar-refractivity contribution in [3.05, 3.63) is 140 Å². The van der Waals surface area contributed by atoms with Crippen LogP contribution in [0, 0.1) is 36.0 Å². The fourth-order valence-corrected chi connectivity index (χ4v) is 7.76. The average molecular weight is 877 g/mol. The molecule has 0 bridgehead atoms. The molecule has 6 rings (SSSR count). The number of nitriles is 1. The van der Waals surface area contributed by atoms with Gasteiger partial charge in [-0.3, -0.25) is 19.6 Å². The van der Waals surface area contributed by atoms with Gasteiger partial charge in [-0.25, -0.2) is 0 Å². The molecule has 11 nitrogen and oxygen atoms in total. The van der Waals surface area contributed by atoms with Gasteiger partial charge < -0.3 is 29.9 Å². The first-order chi connectivity index (χ1) is 29.6. The van der Waals surface area contributed by atoms with Crippen molar-refractivity contribution in [1.82, 2.24) is 9.97 Å². The van der Waals surface area contributed by atoms with Crippen LogP contribution in [-0.4, -0.2) is 55.5 Å². The predicted molar refractivity (Wildman–Crippen MR) is 238 cm³/mol. The summed E-state index contributed by atoms with van der Waals surface area (Å²) in [5, 5.41) is 49.9. The van der Waals surface area contributed by atoms with E-state index in [4.69, 9.17) is 37.7 Å². The van der Waals surface area contributed by atoms with Crippen LogP contribution in [-0.2, 0) is 35.6 Å². The number of halogens is 2. The minimum atomic E-state index is -1.37. The lowest BCUT2D eigenvalue weighted by atomic mass is 9.85. The number of carboxylic acid groups (broad SMARTS) is 2. The highest BCUT2D eigenvalue weighted by Crippen LogP contribution is 2.39. The van der Waals surface area contributed by atoms with Gasteiger partial charge in [0.15, 0.2) is 0 Å². The van der Waals surface area contributed by atoms with Gasteiger partial charge in [-0.15, -0.1) is 0 Å². The van der Waals surface area contributed by atoms with Gasteiger partial charge in [-0.2, -0.15) is 5.26 Å². The van der Waals surface area contributed by atoms with Gasteiger partial charge in [0.2, 0.25) is 0 Å². The summed E-state index contributed by atoms with van der Waals surface area (Å²) in [5.41, 5.74) is 7.41. The van der Waals surface area contributed by atoms with Crippen molar-refractivity contribution in [1.29, 1.82) is 5.26 Å². The van der Waals surface area contributed by atoms with E-state index in [0.717, 1.165) is 49.9 Å². The van der Waals surface area contributed by atoms with Gasteiger partial charge in [0.05, 0.1) is 45.2 Å². The fourth-order valence-electron chi connectivity index (χ4n) is 7.23. The molecule has 6 aromatic rings. The molecule has 0 unspecified atom stereocenters. The van der Waals surface area contributed by atoms with E-state index in [1.54, 1.807) is 36.7 Å². The van der Waals surface area contributed by atoms with Gasteiger partial charge in [0.1, 0.15) is 30.8 Å². The van der Waals surface area contributed by atoms with E-state index in [-0.39, 0.29) is 32.5 Å². The third kappa shape index (κ3) is 10.0. The molecule has 62 heavy (non-hydrogen) atoms. The van der Waals surface area contributed by atoms with Crippen molar-refractivity contribution in [3.8, 4) is 39.8 Å². The number of aryl methyl sites for hydroxylation is 2. The summed E-state index contributed by atoms with van der Waals surface area (Å²) in [5.74, 6) is -1.39. The summed E-state index contributed by atoms with van der Waals surface area (Å²) in [7, 11) is 0. The summed E-state index contributed by atoms with van der Waals surface area (Å²) in [6.45, 7) is 6.37. The fraction of sp³-hybridized carbons (Fsp3) is 0.286. The highest BCUT2D eigenvalue weighted by molar-refractivity contribution is 6.35. The molecule has 0 saturated heterocycles. The number of ether oxygens (including phenoxy) is 2. The summed E-state index contributed by atoms with van der Waals surface area (Å²) in [6, 6.07) is 25.1. The van der Waals surface area contributed by atoms with Crippen LogP contribution in [0.4, 0.5) is 0 Å². The lowest BCUT2D eigenvalue weighted by molar-refractivity contribution is -0.151. The molecular weight excluding hydrogens is 829 g/mol. The zero-order chi connectivity index (χ0) is 44.8. The Bertz CT molecular complexity index is 2700. The largest absolute Gasteiger partial charge is 0.488 e. The van der Waals surface area contributed by atoms with E-state index >= 15 is 0 Å². The topological polar surface area (TPSA) is 183 Å². The summed E-state index contributed by atoms with van der Waals surface area (Å²) >= 11 is 13.5. The molecule has 0 saturated carbocycles. The third-order valence-corrected chi connectivity index (χ3v) is 12.2. The van der Waals surface area contributed by atoms with E-state index in [2.05, 4.69) is 30.1 Å². The molecule has 0 aliphatic rings. The molecule has 2 atom stereocenters. The number of aliphatic hydroxyl groups excluding tert-OH is 2. The number of aromatic nitrogens is 2. The molecule has 13 heteroatoms. The van der Waals surface area contributed by atoms with E-state index in [0.29, 0.717) is 50.2 Å². The van der Waals surface area contributed by atoms with Crippen molar-refractivity contribution in [2.24, 2.45) is 10.8 Å². The molecule has 0 fully saturated rings. The molecule has 2 aromatic heterocycles. The lowest BCUT2D eigenvalue weighted by Crippen LogP contribution is -2.32. The number of nitrogens with zero attached hydrogens (tertiary/aromatic N) is 3. The maximum Gasteiger partial charge on any atom is 0.311 e. The number of aliphatic carboxylic acids is 2. The zero-order valence-electron chi connectivity index (χ0n) is 34.8.